The molecule has 0 unspecified atom stereocenters. The molecule has 0 aliphatic carbocycles. The molecule has 3 rings (SSSR count). The van der Waals surface area contributed by atoms with E-state index in [-0.39, 0.29) is 17.8 Å². The molecule has 0 fully saturated rings. The van der Waals surface area contributed by atoms with E-state index in [1.807, 2.05) is 0 Å². The van der Waals surface area contributed by atoms with E-state index in [1.54, 1.807) is 6.07 Å². The number of aromatic nitrogens is 5. The number of rotatable bonds is 4. The van der Waals surface area contributed by atoms with E-state index in [0.717, 1.165) is 12.1 Å². The van der Waals surface area contributed by atoms with E-state index >= 15 is 0 Å². The smallest absolute Gasteiger partial charge is 0.272 e. The van der Waals surface area contributed by atoms with Crippen molar-refractivity contribution in [3.05, 3.63) is 65.9 Å². The van der Waals surface area contributed by atoms with Crippen LogP contribution in [0.5, 0.6) is 0 Å². The van der Waals surface area contributed by atoms with Crippen molar-refractivity contribution < 1.29 is 13.6 Å². The number of nitrogens with one attached hydrogen (secondary N) is 1. The van der Waals surface area contributed by atoms with Gasteiger partial charge in [-0.3, -0.25) is 4.79 Å². The lowest BCUT2D eigenvalue weighted by molar-refractivity contribution is 0.0944. The highest BCUT2D eigenvalue weighted by molar-refractivity contribution is 5.92. The highest BCUT2D eigenvalue weighted by Gasteiger charge is 2.10. The normalized spacial score (nSPS) is 10.5. The van der Waals surface area contributed by atoms with E-state index in [0.29, 0.717) is 5.82 Å². The van der Waals surface area contributed by atoms with E-state index in [4.69, 9.17) is 0 Å². The summed E-state index contributed by atoms with van der Waals surface area (Å²) in [5, 5.41) is 14.0. The maximum absolute atomic E-state index is 13.5. The minimum Gasteiger partial charge on any atom is -0.346 e. The molecule has 0 bridgehead atoms. The topological polar surface area (TPSA) is 85.6 Å². The van der Waals surface area contributed by atoms with Crippen molar-refractivity contribution in [2.24, 2.45) is 0 Å². The number of benzene rings is 1. The highest BCUT2D eigenvalue weighted by atomic mass is 19.1. The van der Waals surface area contributed by atoms with Gasteiger partial charge in [0.05, 0.1) is 0 Å². The minimum absolute atomic E-state index is 0.0661. The first-order valence-corrected chi connectivity index (χ1v) is 6.54. The molecule has 0 aliphatic heterocycles. The third kappa shape index (κ3) is 3.34. The Bertz CT molecular complexity index is 820. The molecule has 2 heterocycles. The number of hydrogen-bond acceptors (Lipinski definition) is 5. The number of hydrogen-bond donors (Lipinski definition) is 1. The van der Waals surface area contributed by atoms with E-state index in [9.17, 15) is 13.6 Å². The summed E-state index contributed by atoms with van der Waals surface area (Å²) in [6, 6.07) is 6.16. The molecule has 3 aromatic rings. The first-order valence-electron chi connectivity index (χ1n) is 6.54. The average molecular weight is 316 g/mol. The van der Waals surface area contributed by atoms with Gasteiger partial charge in [-0.1, -0.05) is 6.07 Å². The van der Waals surface area contributed by atoms with Gasteiger partial charge in [-0.15, -0.1) is 10.2 Å². The van der Waals surface area contributed by atoms with Crippen molar-refractivity contribution in [1.29, 1.82) is 0 Å². The van der Waals surface area contributed by atoms with Gasteiger partial charge in [0.25, 0.3) is 5.91 Å². The van der Waals surface area contributed by atoms with Crippen molar-refractivity contribution in [2.45, 2.75) is 6.54 Å². The zero-order valence-electron chi connectivity index (χ0n) is 11.6. The average Bonchev–Trinajstić information content (AvgIpc) is 3.08. The molecule has 2 aromatic heterocycles. The molecule has 1 aromatic carbocycles. The zero-order chi connectivity index (χ0) is 16.2. The highest BCUT2D eigenvalue weighted by Crippen LogP contribution is 2.09. The summed E-state index contributed by atoms with van der Waals surface area (Å²) in [4.78, 5) is 15.7. The van der Waals surface area contributed by atoms with Gasteiger partial charge in [0.2, 0.25) is 0 Å². The summed E-state index contributed by atoms with van der Waals surface area (Å²) in [6.07, 6.45) is 2.79. The molecule has 9 heteroatoms. The maximum atomic E-state index is 13.5. The Balaban J connectivity index is 1.66. The molecule has 0 saturated heterocycles. The molecule has 1 N–H and O–H groups in total. The second-order valence-corrected chi connectivity index (χ2v) is 4.54. The Hall–Kier alpha value is -3.23. The van der Waals surface area contributed by atoms with Crippen LogP contribution in [-0.4, -0.2) is 30.9 Å². The number of nitrogens with zero attached hydrogens (tertiary/aromatic N) is 5. The van der Waals surface area contributed by atoms with Crippen molar-refractivity contribution in [3.63, 3.8) is 0 Å². The summed E-state index contributed by atoms with van der Waals surface area (Å²) in [5.74, 6) is -1.51. The summed E-state index contributed by atoms with van der Waals surface area (Å²) in [5.41, 5.74) is 0.239. The Labute approximate surface area is 129 Å². The van der Waals surface area contributed by atoms with Crippen molar-refractivity contribution in [1.82, 2.24) is 30.3 Å². The summed E-state index contributed by atoms with van der Waals surface area (Å²) >= 11 is 0. The Kier molecular flexibility index (Phi) is 4.00. The van der Waals surface area contributed by atoms with Gasteiger partial charge in [-0.2, -0.15) is 5.10 Å². The number of carbonyl (C=O) groups is 1. The second-order valence-electron chi connectivity index (χ2n) is 4.54. The molecule has 0 spiro atoms. The van der Waals surface area contributed by atoms with Crippen LogP contribution in [0.25, 0.3) is 5.82 Å². The lowest BCUT2D eigenvalue weighted by Gasteiger charge is -2.06. The number of carbonyl (C=O) groups excluding carboxylic acids is 1. The Morgan fingerprint density at radius 2 is 2.04 bits per heavy atom. The van der Waals surface area contributed by atoms with Crippen LogP contribution >= 0.6 is 0 Å². The van der Waals surface area contributed by atoms with Crippen LogP contribution in [-0.2, 0) is 6.54 Å². The molecular weight excluding hydrogens is 306 g/mol. The van der Waals surface area contributed by atoms with Crippen LogP contribution in [0.15, 0.2) is 43.0 Å². The van der Waals surface area contributed by atoms with Crippen LogP contribution in [0.1, 0.15) is 16.1 Å². The van der Waals surface area contributed by atoms with E-state index < -0.39 is 17.5 Å². The fourth-order valence-corrected chi connectivity index (χ4v) is 1.83. The molecule has 0 aliphatic rings. The quantitative estimate of drug-likeness (QED) is 0.783. The lowest BCUT2D eigenvalue weighted by atomic mass is 10.2. The zero-order valence-corrected chi connectivity index (χ0v) is 11.6. The monoisotopic (exact) mass is 316 g/mol. The third-order valence-electron chi connectivity index (χ3n) is 2.99. The van der Waals surface area contributed by atoms with Gasteiger partial charge in [0.15, 0.2) is 11.5 Å². The van der Waals surface area contributed by atoms with Crippen molar-refractivity contribution in [3.8, 4) is 5.82 Å². The van der Waals surface area contributed by atoms with Crippen LogP contribution in [0.2, 0.25) is 0 Å². The fraction of sp³-hybridized carbons (Fsp3) is 0.0714. The Morgan fingerprint density at radius 1 is 1.17 bits per heavy atom. The van der Waals surface area contributed by atoms with Gasteiger partial charge >= 0.3 is 0 Å². The van der Waals surface area contributed by atoms with Gasteiger partial charge in [0, 0.05) is 18.2 Å². The largest absolute Gasteiger partial charge is 0.346 e. The van der Waals surface area contributed by atoms with Gasteiger partial charge in [0.1, 0.15) is 24.3 Å². The predicted octanol–water partition coefficient (Wildman–Crippen LogP) is 1.27. The Morgan fingerprint density at radius 3 is 2.70 bits per heavy atom. The molecule has 1 amide bonds. The fourth-order valence-electron chi connectivity index (χ4n) is 1.83. The van der Waals surface area contributed by atoms with Crippen LogP contribution in [0, 0.1) is 11.6 Å². The molecule has 23 heavy (non-hydrogen) atoms. The SMILES string of the molecule is O=C(NCc1ccc(F)cc1F)c1ccc(-n2cncn2)nn1. The first-order chi connectivity index (χ1) is 11.1. The predicted molar refractivity (Wildman–Crippen MR) is 74.5 cm³/mol. The first kappa shape index (κ1) is 14.7. The van der Waals surface area contributed by atoms with Gasteiger partial charge < -0.3 is 5.32 Å². The van der Waals surface area contributed by atoms with Crippen LogP contribution < -0.4 is 5.32 Å². The van der Waals surface area contributed by atoms with E-state index in [1.165, 1.54) is 29.5 Å². The van der Waals surface area contributed by atoms with Gasteiger partial charge in [-0.25, -0.2) is 18.4 Å². The molecule has 116 valence electrons. The third-order valence-corrected chi connectivity index (χ3v) is 2.99. The van der Waals surface area contributed by atoms with Gasteiger partial charge in [-0.05, 0) is 18.2 Å². The molecule has 0 saturated carbocycles. The molecular formula is C14H10F2N6O. The lowest BCUT2D eigenvalue weighted by Crippen LogP contribution is -2.24. The van der Waals surface area contributed by atoms with Crippen molar-refractivity contribution >= 4 is 5.91 Å². The number of amides is 1. The van der Waals surface area contributed by atoms with Crippen molar-refractivity contribution in [2.75, 3.05) is 0 Å². The molecule has 0 atom stereocenters. The minimum atomic E-state index is -0.724. The summed E-state index contributed by atoms with van der Waals surface area (Å²) < 4.78 is 27.7. The molecule has 0 radical (unpaired) electrons. The second kappa shape index (κ2) is 6.26. The van der Waals surface area contributed by atoms with Crippen LogP contribution in [0.4, 0.5) is 8.78 Å². The standard InChI is InChI=1S/C14H10F2N6O/c15-10-2-1-9(11(16)5-10)6-18-14(23)12-3-4-13(21-20-12)22-8-17-7-19-22/h1-5,7-8H,6H2,(H,18,23). The van der Waals surface area contributed by atoms with E-state index in [2.05, 4.69) is 25.6 Å². The maximum Gasteiger partial charge on any atom is 0.272 e. The summed E-state index contributed by atoms with van der Waals surface area (Å²) in [7, 11) is 0. The number of halogens is 2. The molecule has 7 nitrogen and oxygen atoms in total. The van der Waals surface area contributed by atoms with Crippen LogP contribution in [0.3, 0.4) is 0 Å². The summed E-state index contributed by atoms with van der Waals surface area (Å²) in [6.45, 7) is -0.0859.